The first-order valence-corrected chi connectivity index (χ1v) is 13.2. The molecule has 0 amide bonds. The van der Waals surface area contributed by atoms with Gasteiger partial charge in [-0.1, -0.05) is 59.7 Å². The first-order valence-electron chi connectivity index (χ1n) is 13.2. The van der Waals surface area contributed by atoms with Gasteiger partial charge in [-0.2, -0.15) is 0 Å². The molecule has 0 aliphatic heterocycles. The molecule has 6 aliphatic carbocycles. The number of nitrogens with zero attached hydrogens (tertiary/aromatic N) is 3. The van der Waals surface area contributed by atoms with E-state index in [4.69, 9.17) is 15.0 Å². The second-order valence-electron chi connectivity index (χ2n) is 12.8. The molecule has 0 aromatic carbocycles. The molecule has 4 bridgehead atoms. The van der Waals surface area contributed by atoms with Crippen LogP contribution in [0.1, 0.15) is 101 Å². The molecule has 6 unspecified atom stereocenters. The van der Waals surface area contributed by atoms with Crippen LogP contribution in [0.2, 0.25) is 0 Å². The van der Waals surface area contributed by atoms with E-state index in [-0.39, 0.29) is 0 Å². The molecule has 3 heteroatoms. The average Bonchev–Trinajstić information content (AvgIpc) is 2.83. The fourth-order valence-electron chi connectivity index (χ4n) is 8.35. The highest BCUT2D eigenvalue weighted by atomic mass is 14.9. The molecule has 3 heterocycles. The molecule has 9 rings (SSSR count). The van der Waals surface area contributed by atoms with Crippen molar-refractivity contribution in [1.82, 2.24) is 15.0 Å². The van der Waals surface area contributed by atoms with Crippen LogP contribution in [-0.2, 0) is 0 Å². The van der Waals surface area contributed by atoms with Gasteiger partial charge in [0.2, 0.25) is 0 Å². The van der Waals surface area contributed by atoms with E-state index < -0.39 is 0 Å². The van der Waals surface area contributed by atoms with Gasteiger partial charge in [0.25, 0.3) is 0 Å². The van der Waals surface area contributed by atoms with Crippen molar-refractivity contribution < 1.29 is 0 Å². The van der Waals surface area contributed by atoms with Crippen molar-refractivity contribution >= 4 is 0 Å². The number of hydrogen-bond donors (Lipinski definition) is 0. The van der Waals surface area contributed by atoms with Crippen molar-refractivity contribution in [3.63, 3.8) is 0 Å². The van der Waals surface area contributed by atoms with Gasteiger partial charge in [0.15, 0.2) is 0 Å². The van der Waals surface area contributed by atoms with E-state index in [2.05, 4.69) is 84.0 Å². The lowest BCUT2D eigenvalue weighted by Crippen LogP contribution is -2.50. The highest BCUT2D eigenvalue weighted by molar-refractivity contribution is 5.63. The van der Waals surface area contributed by atoms with Crippen LogP contribution in [0.3, 0.4) is 0 Å². The molecule has 0 spiro atoms. The normalized spacial score (nSPS) is 33.2. The Bertz CT molecular complexity index is 1240. The smallest absolute Gasteiger partial charge is 0.0894 e. The fourth-order valence-corrected chi connectivity index (χ4v) is 8.35. The summed E-state index contributed by atoms with van der Waals surface area (Å²) in [5.41, 5.74) is 10.2. The highest BCUT2D eigenvalue weighted by Crippen LogP contribution is 2.67. The number of aromatic nitrogens is 3. The Kier molecular flexibility index (Phi) is 4.01. The van der Waals surface area contributed by atoms with Crippen molar-refractivity contribution in [3.8, 4) is 22.8 Å². The summed E-state index contributed by atoms with van der Waals surface area (Å²) in [6, 6.07) is 15.3. The van der Waals surface area contributed by atoms with Gasteiger partial charge in [-0.3, -0.25) is 9.97 Å². The van der Waals surface area contributed by atoms with Crippen LogP contribution in [0, 0.1) is 22.7 Å². The molecular weight excluding hydrogens is 414 g/mol. The average molecular weight is 450 g/mol. The van der Waals surface area contributed by atoms with E-state index in [1.807, 2.05) is 0 Å². The topological polar surface area (TPSA) is 38.7 Å². The van der Waals surface area contributed by atoms with Gasteiger partial charge in [0, 0.05) is 23.2 Å². The van der Waals surface area contributed by atoms with Gasteiger partial charge in [-0.15, -0.1) is 0 Å². The third kappa shape index (κ3) is 2.51. The number of rotatable bonds is 2. The zero-order valence-electron chi connectivity index (χ0n) is 21.3. The monoisotopic (exact) mass is 449 g/mol. The van der Waals surface area contributed by atoms with Crippen molar-refractivity contribution in [3.05, 3.63) is 65.0 Å². The molecule has 2 fully saturated rings. The minimum Gasteiger partial charge on any atom is -0.251 e. The highest BCUT2D eigenvalue weighted by Gasteiger charge is 2.57. The molecule has 34 heavy (non-hydrogen) atoms. The van der Waals surface area contributed by atoms with Crippen molar-refractivity contribution in [2.45, 2.75) is 78.1 Å². The SMILES string of the molecule is CC1c2nc(-c3cccc(-c4ccc5c(n4)C(C)C4CC5C4(C)C)n3)ccc2C2CC1C2(C)C. The van der Waals surface area contributed by atoms with Gasteiger partial charge in [0.05, 0.1) is 22.8 Å². The van der Waals surface area contributed by atoms with Gasteiger partial charge < -0.3 is 0 Å². The zero-order valence-corrected chi connectivity index (χ0v) is 21.3. The second kappa shape index (κ2) is 6.56. The molecule has 3 aromatic rings. The van der Waals surface area contributed by atoms with Crippen LogP contribution in [0.25, 0.3) is 22.8 Å². The summed E-state index contributed by atoms with van der Waals surface area (Å²) >= 11 is 0. The predicted molar refractivity (Wildman–Crippen MR) is 137 cm³/mol. The van der Waals surface area contributed by atoms with Crippen LogP contribution in [0.15, 0.2) is 42.5 Å². The maximum atomic E-state index is 5.18. The summed E-state index contributed by atoms with van der Waals surface area (Å²) in [5, 5.41) is 0. The maximum Gasteiger partial charge on any atom is 0.0894 e. The van der Waals surface area contributed by atoms with E-state index >= 15 is 0 Å². The molecule has 6 aliphatic rings. The van der Waals surface area contributed by atoms with Crippen molar-refractivity contribution in [1.29, 1.82) is 0 Å². The summed E-state index contributed by atoms with van der Waals surface area (Å²) in [7, 11) is 0. The Morgan fingerprint density at radius 1 is 0.588 bits per heavy atom. The molecule has 0 N–H and O–H groups in total. The fraction of sp³-hybridized carbons (Fsp3) is 0.516. The van der Waals surface area contributed by atoms with Crippen LogP contribution >= 0.6 is 0 Å². The minimum atomic E-state index is 0.402. The van der Waals surface area contributed by atoms with Gasteiger partial charge in [0.1, 0.15) is 0 Å². The Morgan fingerprint density at radius 3 is 1.41 bits per heavy atom. The predicted octanol–water partition coefficient (Wildman–Crippen LogP) is 7.70. The van der Waals surface area contributed by atoms with Gasteiger partial charge >= 0.3 is 0 Å². The van der Waals surface area contributed by atoms with Crippen LogP contribution in [0.5, 0.6) is 0 Å². The summed E-state index contributed by atoms with van der Waals surface area (Å²) in [5.74, 6) is 3.81. The first kappa shape index (κ1) is 20.8. The quantitative estimate of drug-likeness (QED) is 0.402. The Hall–Kier alpha value is -2.55. The molecule has 3 nitrogen and oxygen atoms in total. The minimum absolute atomic E-state index is 0.402. The standard InChI is InChI=1S/C31H35N3/c1-16-20-14-22(30(20,3)4)18-10-12-26(33-28(16)18)24-8-7-9-25(32-24)27-13-11-19-23-15-21(31(23,5)6)17(2)29(19)34-27/h7-13,16-17,20-23H,14-15H2,1-6H3. The Labute approximate surface area is 203 Å². The Balaban J connectivity index is 1.25. The van der Waals surface area contributed by atoms with E-state index in [1.165, 1.54) is 35.4 Å². The molecule has 174 valence electrons. The second-order valence-corrected chi connectivity index (χ2v) is 12.8. The molecule has 0 radical (unpaired) electrons. The molecule has 6 atom stereocenters. The van der Waals surface area contributed by atoms with Crippen LogP contribution < -0.4 is 0 Å². The molecular formula is C31H35N3. The maximum absolute atomic E-state index is 5.18. The van der Waals surface area contributed by atoms with E-state index in [9.17, 15) is 0 Å². The van der Waals surface area contributed by atoms with Crippen LogP contribution in [0.4, 0.5) is 0 Å². The van der Waals surface area contributed by atoms with Crippen molar-refractivity contribution in [2.24, 2.45) is 22.7 Å². The van der Waals surface area contributed by atoms with E-state index in [1.54, 1.807) is 0 Å². The lowest BCUT2D eigenvalue weighted by molar-refractivity contribution is -0.00275. The summed E-state index contributed by atoms with van der Waals surface area (Å²) < 4.78 is 0. The van der Waals surface area contributed by atoms with Crippen LogP contribution in [-0.4, -0.2) is 15.0 Å². The largest absolute Gasteiger partial charge is 0.251 e. The van der Waals surface area contributed by atoms with E-state index in [0.29, 0.717) is 34.5 Å². The third-order valence-electron chi connectivity index (χ3n) is 10.7. The summed E-state index contributed by atoms with van der Waals surface area (Å²) in [6.45, 7) is 14.5. The number of hydrogen-bond acceptors (Lipinski definition) is 3. The molecule has 3 aromatic heterocycles. The first-order chi connectivity index (χ1) is 16.2. The third-order valence-corrected chi connectivity index (χ3v) is 10.7. The number of pyridine rings is 3. The van der Waals surface area contributed by atoms with E-state index in [0.717, 1.165) is 34.6 Å². The van der Waals surface area contributed by atoms with Gasteiger partial charge in [-0.25, -0.2) is 4.98 Å². The molecule has 2 saturated carbocycles. The van der Waals surface area contributed by atoms with Gasteiger partial charge in [-0.05, 0) is 82.7 Å². The summed E-state index contributed by atoms with van der Waals surface area (Å²) in [6.07, 6.45) is 2.63. The summed E-state index contributed by atoms with van der Waals surface area (Å²) in [4.78, 5) is 15.4. The zero-order chi connectivity index (χ0) is 23.6. The molecule has 0 saturated heterocycles. The lowest BCUT2D eigenvalue weighted by atomic mass is 9.45. The Morgan fingerprint density at radius 2 is 1.00 bits per heavy atom. The lowest BCUT2D eigenvalue weighted by Gasteiger charge is -2.59. The van der Waals surface area contributed by atoms with Crippen molar-refractivity contribution in [2.75, 3.05) is 0 Å².